The van der Waals surface area contributed by atoms with Crippen molar-refractivity contribution in [2.45, 2.75) is 13.3 Å². The Hall–Kier alpha value is -1.76. The van der Waals surface area contributed by atoms with E-state index in [4.69, 9.17) is 20.6 Å². The lowest BCUT2D eigenvalue weighted by atomic mass is 10.2. The van der Waals surface area contributed by atoms with Gasteiger partial charge in [-0.05, 0) is 18.6 Å². The fourth-order valence-corrected chi connectivity index (χ4v) is 2.39. The number of methoxy groups -OCH3 is 1. The quantitative estimate of drug-likeness (QED) is 0.426. The van der Waals surface area contributed by atoms with E-state index in [1.165, 1.54) is 7.11 Å². The van der Waals surface area contributed by atoms with Gasteiger partial charge in [0, 0.05) is 17.4 Å². The first kappa shape index (κ1) is 16.3. The van der Waals surface area contributed by atoms with Crippen LogP contribution in [0, 0.1) is 5.41 Å². The molecule has 0 saturated carbocycles. The Labute approximate surface area is 119 Å². The minimum atomic E-state index is -2.97. The lowest BCUT2D eigenvalue weighted by Gasteiger charge is -2.10. The van der Waals surface area contributed by atoms with Crippen LogP contribution in [0.5, 0.6) is 11.5 Å². The Morgan fingerprint density at radius 1 is 1.30 bits per heavy atom. The fraction of sp³-hybridized carbons (Fsp3) is 0.462. The molecule has 0 aromatic heterocycles. The first-order valence-electron chi connectivity index (χ1n) is 6.24. The molecule has 0 aliphatic carbocycles. The molecule has 0 radical (unpaired) electrons. The van der Waals surface area contributed by atoms with Crippen molar-refractivity contribution in [3.63, 3.8) is 0 Å². The molecule has 6 nitrogen and oxygen atoms in total. The summed E-state index contributed by atoms with van der Waals surface area (Å²) in [5.74, 6) is 1.20. The summed E-state index contributed by atoms with van der Waals surface area (Å²) in [6, 6.07) is 4.93. The molecule has 1 rings (SSSR count). The van der Waals surface area contributed by atoms with Crippen molar-refractivity contribution in [3.05, 3.63) is 23.8 Å². The van der Waals surface area contributed by atoms with E-state index in [0.717, 1.165) is 0 Å². The highest BCUT2D eigenvalue weighted by atomic mass is 32.2. The van der Waals surface area contributed by atoms with E-state index in [1.54, 1.807) is 25.1 Å². The number of amidine groups is 1. The van der Waals surface area contributed by atoms with Crippen molar-refractivity contribution in [1.82, 2.24) is 0 Å². The molecule has 0 fully saturated rings. The lowest BCUT2D eigenvalue weighted by Crippen LogP contribution is -2.13. The van der Waals surface area contributed by atoms with Crippen LogP contribution in [0.15, 0.2) is 18.2 Å². The van der Waals surface area contributed by atoms with E-state index >= 15 is 0 Å². The number of hydrogen-bond donors (Lipinski definition) is 2. The van der Waals surface area contributed by atoms with Gasteiger partial charge in [0.25, 0.3) is 0 Å². The topological polar surface area (TPSA) is 102 Å². The smallest absolute Gasteiger partial charge is 0.150 e. The summed E-state index contributed by atoms with van der Waals surface area (Å²) >= 11 is 0. The SMILES string of the molecule is CCS(=O)(=O)CCCOc1cc(OC)cc(C(=N)N)c1. The van der Waals surface area contributed by atoms with E-state index in [0.29, 0.717) is 23.5 Å². The van der Waals surface area contributed by atoms with Gasteiger partial charge in [0.1, 0.15) is 27.2 Å². The Morgan fingerprint density at radius 2 is 1.95 bits per heavy atom. The molecule has 1 aromatic rings. The van der Waals surface area contributed by atoms with E-state index in [1.807, 2.05) is 0 Å². The Morgan fingerprint density at radius 3 is 2.50 bits per heavy atom. The van der Waals surface area contributed by atoms with Crippen molar-refractivity contribution >= 4 is 15.7 Å². The molecule has 1 aromatic carbocycles. The first-order valence-corrected chi connectivity index (χ1v) is 8.07. The van der Waals surface area contributed by atoms with E-state index in [2.05, 4.69) is 0 Å². The van der Waals surface area contributed by atoms with Crippen molar-refractivity contribution in [2.75, 3.05) is 25.2 Å². The Bertz CT molecular complexity index is 570. The fourth-order valence-electron chi connectivity index (χ4n) is 1.54. The maximum atomic E-state index is 11.3. The second-order valence-corrected chi connectivity index (χ2v) is 6.72. The van der Waals surface area contributed by atoms with Crippen molar-refractivity contribution in [2.24, 2.45) is 5.73 Å². The van der Waals surface area contributed by atoms with Crippen LogP contribution < -0.4 is 15.2 Å². The lowest BCUT2D eigenvalue weighted by molar-refractivity contribution is 0.315. The van der Waals surface area contributed by atoms with Gasteiger partial charge in [-0.15, -0.1) is 0 Å². The molecule has 3 N–H and O–H groups in total. The number of rotatable bonds is 8. The maximum absolute atomic E-state index is 11.3. The van der Waals surface area contributed by atoms with Gasteiger partial charge < -0.3 is 15.2 Å². The number of sulfone groups is 1. The van der Waals surface area contributed by atoms with E-state index in [-0.39, 0.29) is 23.9 Å². The van der Waals surface area contributed by atoms with Gasteiger partial charge in [0.05, 0.1) is 19.5 Å². The Kier molecular flexibility index (Phi) is 5.82. The summed E-state index contributed by atoms with van der Waals surface area (Å²) in [5.41, 5.74) is 5.93. The molecule has 0 atom stereocenters. The van der Waals surface area contributed by atoms with Crippen LogP contribution in [0.25, 0.3) is 0 Å². The molecule has 0 spiro atoms. The molecule has 112 valence electrons. The van der Waals surface area contributed by atoms with Gasteiger partial charge in [-0.1, -0.05) is 6.92 Å². The first-order chi connectivity index (χ1) is 9.38. The highest BCUT2D eigenvalue weighted by Gasteiger charge is 2.08. The number of nitrogen functional groups attached to an aromatic ring is 1. The second-order valence-electron chi connectivity index (χ2n) is 4.25. The zero-order valence-electron chi connectivity index (χ0n) is 11.7. The summed E-state index contributed by atoms with van der Waals surface area (Å²) < 4.78 is 33.2. The standard InChI is InChI=1S/C13H20N2O4S/c1-3-20(16,17)6-4-5-19-12-8-10(13(14)15)7-11(9-12)18-2/h7-9H,3-6H2,1-2H3,(H3,14,15). The molecular weight excluding hydrogens is 280 g/mol. The molecule has 0 aliphatic rings. The molecular formula is C13H20N2O4S. The number of benzene rings is 1. The third-order valence-corrected chi connectivity index (χ3v) is 4.53. The predicted octanol–water partition coefficient (Wildman–Crippen LogP) is 1.18. The van der Waals surface area contributed by atoms with Crippen LogP contribution in [-0.4, -0.2) is 39.5 Å². The van der Waals surface area contributed by atoms with Gasteiger partial charge in [0.2, 0.25) is 0 Å². The third-order valence-electron chi connectivity index (χ3n) is 2.73. The van der Waals surface area contributed by atoms with Crippen LogP contribution in [0.1, 0.15) is 18.9 Å². The minimum absolute atomic E-state index is 0.0812. The average molecular weight is 300 g/mol. The molecule has 0 aliphatic heterocycles. The van der Waals surface area contributed by atoms with Crippen LogP contribution in [0.4, 0.5) is 0 Å². The molecule has 7 heteroatoms. The van der Waals surface area contributed by atoms with Crippen LogP contribution in [-0.2, 0) is 9.84 Å². The monoisotopic (exact) mass is 300 g/mol. The minimum Gasteiger partial charge on any atom is -0.497 e. The maximum Gasteiger partial charge on any atom is 0.150 e. The normalized spacial score (nSPS) is 11.1. The number of hydrogen-bond acceptors (Lipinski definition) is 5. The van der Waals surface area contributed by atoms with E-state index < -0.39 is 9.84 Å². The van der Waals surface area contributed by atoms with Gasteiger partial charge in [-0.25, -0.2) is 8.42 Å². The summed E-state index contributed by atoms with van der Waals surface area (Å²) in [5, 5.41) is 7.41. The number of nitrogens with two attached hydrogens (primary N) is 1. The average Bonchev–Trinajstić information content (AvgIpc) is 2.43. The van der Waals surface area contributed by atoms with Crippen LogP contribution >= 0.6 is 0 Å². The molecule has 20 heavy (non-hydrogen) atoms. The zero-order valence-corrected chi connectivity index (χ0v) is 12.5. The van der Waals surface area contributed by atoms with Crippen molar-refractivity contribution < 1.29 is 17.9 Å². The molecule has 0 saturated heterocycles. The number of nitrogens with one attached hydrogen (secondary N) is 1. The van der Waals surface area contributed by atoms with Gasteiger partial charge in [0.15, 0.2) is 0 Å². The van der Waals surface area contributed by atoms with Crippen LogP contribution in [0.2, 0.25) is 0 Å². The van der Waals surface area contributed by atoms with Crippen LogP contribution in [0.3, 0.4) is 0 Å². The second kappa shape index (κ2) is 7.14. The highest BCUT2D eigenvalue weighted by Crippen LogP contribution is 2.22. The Balaban J connectivity index is 2.64. The highest BCUT2D eigenvalue weighted by molar-refractivity contribution is 7.91. The summed E-state index contributed by atoms with van der Waals surface area (Å²) in [7, 11) is -1.46. The largest absolute Gasteiger partial charge is 0.497 e. The predicted molar refractivity (Wildman–Crippen MR) is 78.4 cm³/mol. The van der Waals surface area contributed by atoms with Gasteiger partial charge in [-0.2, -0.15) is 0 Å². The van der Waals surface area contributed by atoms with Crippen molar-refractivity contribution in [1.29, 1.82) is 5.41 Å². The number of ether oxygens (including phenoxy) is 2. The van der Waals surface area contributed by atoms with Gasteiger partial charge in [-0.3, -0.25) is 5.41 Å². The summed E-state index contributed by atoms with van der Waals surface area (Å²) in [6.07, 6.45) is 0.419. The third kappa shape index (κ3) is 5.08. The molecule has 0 bridgehead atoms. The van der Waals surface area contributed by atoms with Crippen molar-refractivity contribution in [3.8, 4) is 11.5 Å². The summed E-state index contributed by atoms with van der Waals surface area (Å²) in [6.45, 7) is 1.90. The summed E-state index contributed by atoms with van der Waals surface area (Å²) in [4.78, 5) is 0. The molecule has 0 amide bonds. The molecule has 0 heterocycles. The van der Waals surface area contributed by atoms with E-state index in [9.17, 15) is 8.42 Å². The zero-order chi connectivity index (χ0) is 15.2. The molecule has 0 unspecified atom stereocenters. The van der Waals surface area contributed by atoms with Gasteiger partial charge >= 0.3 is 0 Å².